The van der Waals surface area contributed by atoms with Crippen LogP contribution in [0.15, 0.2) is 28.8 Å². The maximum absolute atomic E-state index is 13.7. The molecule has 0 saturated heterocycles. The highest BCUT2D eigenvalue weighted by Gasteiger charge is 2.25. The summed E-state index contributed by atoms with van der Waals surface area (Å²) in [6, 6.07) is 6.04. The summed E-state index contributed by atoms with van der Waals surface area (Å²) in [7, 11) is 0. The van der Waals surface area contributed by atoms with Gasteiger partial charge in [0.1, 0.15) is 0 Å². The fourth-order valence-electron chi connectivity index (χ4n) is 2.70. The second kappa shape index (κ2) is 6.81. The summed E-state index contributed by atoms with van der Waals surface area (Å²) in [5.41, 5.74) is 1.87. The molecule has 3 rings (SSSR count). The van der Waals surface area contributed by atoms with Crippen molar-refractivity contribution < 1.29 is 18.4 Å². The van der Waals surface area contributed by atoms with E-state index in [2.05, 4.69) is 10.5 Å². The zero-order valence-corrected chi connectivity index (χ0v) is 13.0. The van der Waals surface area contributed by atoms with Crippen molar-refractivity contribution in [2.24, 2.45) is 0 Å². The topological polar surface area (TPSA) is 64.4 Å². The van der Waals surface area contributed by atoms with Crippen molar-refractivity contribution in [1.82, 2.24) is 5.16 Å². The van der Waals surface area contributed by atoms with Gasteiger partial charge in [0.15, 0.2) is 17.7 Å². The number of nitrogens with one attached hydrogen (secondary N) is 1. The van der Waals surface area contributed by atoms with Gasteiger partial charge in [-0.05, 0) is 44.2 Å². The molecule has 1 aromatic heterocycles. The maximum atomic E-state index is 13.7. The van der Waals surface area contributed by atoms with Gasteiger partial charge in [0, 0.05) is 5.56 Å². The lowest BCUT2D eigenvalue weighted by Crippen LogP contribution is -2.32. The number of carbonyl (C=O) groups excluding carboxylic acids is 1. The Labute approximate surface area is 133 Å². The Hall–Kier alpha value is -2.37. The lowest BCUT2D eigenvalue weighted by atomic mass is 9.97. The van der Waals surface area contributed by atoms with Gasteiger partial charge in [-0.25, -0.2) is 4.39 Å². The monoisotopic (exact) mass is 318 g/mol. The first-order valence-corrected chi connectivity index (χ1v) is 7.88. The molecule has 1 aliphatic carbocycles. The molecule has 1 aromatic carbocycles. The summed E-state index contributed by atoms with van der Waals surface area (Å²) >= 11 is 0. The first-order chi connectivity index (χ1) is 11.2. The third-order valence-corrected chi connectivity index (χ3v) is 3.97. The number of hydrogen-bond acceptors (Lipinski definition) is 4. The van der Waals surface area contributed by atoms with Crippen molar-refractivity contribution in [2.75, 3.05) is 5.32 Å². The summed E-state index contributed by atoms with van der Waals surface area (Å²) in [4.78, 5) is 12.4. The Kier molecular flexibility index (Phi) is 4.60. The summed E-state index contributed by atoms with van der Waals surface area (Å²) in [5.74, 6) is -0.398. The number of carbonyl (C=O) groups is 1. The number of benzene rings is 1. The normalized spacial score (nSPS) is 14.9. The molecular formula is C17H19FN2O3. The van der Waals surface area contributed by atoms with Crippen LogP contribution in [-0.2, 0) is 17.6 Å². The van der Waals surface area contributed by atoms with Gasteiger partial charge in [0.05, 0.1) is 5.69 Å². The lowest BCUT2D eigenvalue weighted by molar-refractivity contribution is -0.123. The van der Waals surface area contributed by atoms with Crippen molar-refractivity contribution in [3.8, 4) is 5.75 Å². The molecule has 0 saturated carbocycles. The lowest BCUT2D eigenvalue weighted by Gasteiger charge is -2.17. The number of halogens is 1. The van der Waals surface area contributed by atoms with Crippen LogP contribution in [0.1, 0.15) is 37.4 Å². The Morgan fingerprint density at radius 3 is 2.96 bits per heavy atom. The molecule has 1 N–H and O–H groups in total. The molecule has 0 bridgehead atoms. The largest absolute Gasteiger partial charge is 0.478 e. The Morgan fingerprint density at radius 2 is 2.17 bits per heavy atom. The van der Waals surface area contributed by atoms with Crippen LogP contribution in [0.2, 0.25) is 0 Å². The van der Waals surface area contributed by atoms with Crippen LogP contribution in [0.5, 0.6) is 5.75 Å². The predicted molar refractivity (Wildman–Crippen MR) is 82.9 cm³/mol. The number of fused-ring (bicyclic) bond motifs is 1. The van der Waals surface area contributed by atoms with Crippen LogP contribution in [0, 0.1) is 5.82 Å². The van der Waals surface area contributed by atoms with E-state index in [4.69, 9.17) is 9.26 Å². The zero-order chi connectivity index (χ0) is 16.2. The van der Waals surface area contributed by atoms with Gasteiger partial charge in [0.25, 0.3) is 5.91 Å². The van der Waals surface area contributed by atoms with Gasteiger partial charge in [-0.3, -0.25) is 10.1 Å². The van der Waals surface area contributed by atoms with Crippen LogP contribution < -0.4 is 10.1 Å². The van der Waals surface area contributed by atoms with Crippen LogP contribution in [0.3, 0.4) is 0 Å². The number of rotatable bonds is 5. The van der Waals surface area contributed by atoms with E-state index in [0.29, 0.717) is 12.3 Å². The number of aromatic nitrogens is 1. The van der Waals surface area contributed by atoms with E-state index >= 15 is 0 Å². The van der Waals surface area contributed by atoms with E-state index in [-0.39, 0.29) is 11.7 Å². The standard InChI is InChI=1S/C17H19FN2O3/c1-2-14(22-15-10-6-4-8-12(15)18)16(21)19-17-11-7-3-5-9-13(11)20-23-17/h4,6,8,10,14H,2-3,5,7,9H2,1H3,(H,19,21)/t14-/m0/s1. The number of anilines is 1. The number of ether oxygens (including phenoxy) is 1. The van der Waals surface area contributed by atoms with Crippen LogP contribution in [0.4, 0.5) is 10.3 Å². The number of amides is 1. The predicted octanol–water partition coefficient (Wildman–Crippen LogP) is 3.49. The minimum absolute atomic E-state index is 0.0640. The van der Waals surface area contributed by atoms with Crippen molar-refractivity contribution in [3.05, 3.63) is 41.3 Å². The molecule has 0 fully saturated rings. The van der Waals surface area contributed by atoms with Gasteiger partial charge < -0.3 is 9.26 Å². The summed E-state index contributed by atoms with van der Waals surface area (Å²) in [6.07, 6.45) is 3.48. The molecular weight excluding hydrogens is 299 g/mol. The van der Waals surface area contributed by atoms with Crippen LogP contribution in [0.25, 0.3) is 0 Å². The highest BCUT2D eigenvalue weighted by molar-refractivity contribution is 5.93. The minimum Gasteiger partial charge on any atom is -0.478 e. The van der Waals surface area contributed by atoms with Crippen molar-refractivity contribution in [1.29, 1.82) is 0 Å². The third kappa shape index (κ3) is 3.36. The van der Waals surface area contributed by atoms with E-state index in [1.54, 1.807) is 19.1 Å². The number of aryl methyl sites for hydroxylation is 1. The molecule has 1 heterocycles. The van der Waals surface area contributed by atoms with Crippen molar-refractivity contribution in [3.63, 3.8) is 0 Å². The zero-order valence-electron chi connectivity index (χ0n) is 13.0. The smallest absolute Gasteiger partial charge is 0.267 e. The summed E-state index contributed by atoms with van der Waals surface area (Å²) < 4.78 is 24.4. The van der Waals surface area contributed by atoms with E-state index in [1.165, 1.54) is 12.1 Å². The highest BCUT2D eigenvalue weighted by atomic mass is 19.1. The number of para-hydroxylation sites is 1. The minimum atomic E-state index is -0.795. The van der Waals surface area contributed by atoms with Gasteiger partial charge in [-0.1, -0.05) is 24.2 Å². The average Bonchev–Trinajstić information content (AvgIpc) is 2.97. The maximum Gasteiger partial charge on any atom is 0.267 e. The molecule has 0 radical (unpaired) electrons. The molecule has 122 valence electrons. The fraction of sp³-hybridized carbons (Fsp3) is 0.412. The molecule has 1 amide bonds. The molecule has 6 heteroatoms. The highest BCUT2D eigenvalue weighted by Crippen LogP contribution is 2.28. The van der Waals surface area contributed by atoms with Gasteiger partial charge in [-0.15, -0.1) is 0 Å². The molecule has 1 aliphatic rings. The number of hydrogen-bond donors (Lipinski definition) is 1. The van der Waals surface area contributed by atoms with Gasteiger partial charge >= 0.3 is 0 Å². The number of nitrogens with zero attached hydrogens (tertiary/aromatic N) is 1. The van der Waals surface area contributed by atoms with Gasteiger partial charge in [-0.2, -0.15) is 0 Å². The second-order valence-corrected chi connectivity index (χ2v) is 5.58. The summed E-state index contributed by atoms with van der Waals surface area (Å²) in [6.45, 7) is 1.81. The molecule has 23 heavy (non-hydrogen) atoms. The first-order valence-electron chi connectivity index (χ1n) is 7.88. The molecule has 5 nitrogen and oxygen atoms in total. The van der Waals surface area contributed by atoms with Gasteiger partial charge in [0.2, 0.25) is 5.88 Å². The fourth-order valence-corrected chi connectivity index (χ4v) is 2.70. The van der Waals surface area contributed by atoms with E-state index in [0.717, 1.165) is 36.9 Å². The van der Waals surface area contributed by atoms with Crippen molar-refractivity contribution >= 4 is 11.8 Å². The van der Waals surface area contributed by atoms with Crippen LogP contribution in [-0.4, -0.2) is 17.2 Å². The average molecular weight is 318 g/mol. The molecule has 0 unspecified atom stereocenters. The SMILES string of the molecule is CC[C@H](Oc1ccccc1F)C(=O)Nc1onc2c1CCCC2. The molecule has 0 aliphatic heterocycles. The Bertz CT molecular complexity index is 699. The molecule has 2 aromatic rings. The molecule has 1 atom stereocenters. The first kappa shape index (κ1) is 15.5. The summed E-state index contributed by atoms with van der Waals surface area (Å²) in [5, 5.41) is 6.73. The van der Waals surface area contributed by atoms with Crippen LogP contribution >= 0.6 is 0 Å². The third-order valence-electron chi connectivity index (χ3n) is 3.97. The van der Waals surface area contributed by atoms with Crippen molar-refractivity contribution in [2.45, 2.75) is 45.1 Å². The Morgan fingerprint density at radius 1 is 1.39 bits per heavy atom. The second-order valence-electron chi connectivity index (χ2n) is 5.58. The van der Waals surface area contributed by atoms with E-state index in [9.17, 15) is 9.18 Å². The molecule has 0 spiro atoms. The van der Waals surface area contributed by atoms with E-state index < -0.39 is 11.9 Å². The quantitative estimate of drug-likeness (QED) is 0.916. The Balaban J connectivity index is 1.71. The van der Waals surface area contributed by atoms with E-state index in [1.807, 2.05) is 0 Å².